The van der Waals surface area contributed by atoms with Crippen LogP contribution in [-0.4, -0.2) is 34.8 Å². The van der Waals surface area contributed by atoms with Gasteiger partial charge in [-0.25, -0.2) is 9.59 Å². The van der Waals surface area contributed by atoms with Gasteiger partial charge in [0.15, 0.2) is 0 Å². The minimum Gasteiger partial charge on any atom is -0.489 e. The lowest BCUT2D eigenvalue weighted by atomic mass is 10.2. The van der Waals surface area contributed by atoms with E-state index in [-0.39, 0.29) is 5.56 Å². The molecule has 0 saturated heterocycles. The molecule has 9 nitrogen and oxygen atoms in total. The largest absolute Gasteiger partial charge is 0.489 e. The lowest BCUT2D eigenvalue weighted by Gasteiger charge is -2.17. The molecule has 0 bridgehead atoms. The van der Waals surface area contributed by atoms with Crippen molar-refractivity contribution in [3.63, 3.8) is 0 Å². The number of nitrogens with zero attached hydrogens (tertiary/aromatic N) is 1. The molecule has 2 aromatic rings. The van der Waals surface area contributed by atoms with E-state index in [0.717, 1.165) is 5.56 Å². The third kappa shape index (κ3) is 8.01. The van der Waals surface area contributed by atoms with E-state index in [1.165, 1.54) is 12.1 Å². The van der Waals surface area contributed by atoms with Gasteiger partial charge in [-0.2, -0.15) is 0 Å². The van der Waals surface area contributed by atoms with Crippen molar-refractivity contribution in [2.45, 2.75) is 33.0 Å². The zero-order chi connectivity index (χ0) is 22.1. The number of nitrogens with one attached hydrogen (secondary N) is 2. The third-order valence-electron chi connectivity index (χ3n) is 3.40. The first-order valence-electron chi connectivity index (χ1n) is 9.02. The number of benzene rings is 2. The van der Waals surface area contributed by atoms with Gasteiger partial charge in [0.25, 0.3) is 5.91 Å². The van der Waals surface area contributed by atoms with Crippen molar-refractivity contribution in [1.82, 2.24) is 10.6 Å². The lowest BCUT2D eigenvalue weighted by Crippen LogP contribution is -2.44. The Labute approximate surface area is 173 Å². The van der Waals surface area contributed by atoms with Crippen molar-refractivity contribution in [2.75, 3.05) is 0 Å². The summed E-state index contributed by atoms with van der Waals surface area (Å²) in [6, 6.07) is 15.8. The van der Waals surface area contributed by atoms with E-state index < -0.39 is 29.7 Å². The molecule has 0 aliphatic heterocycles. The molecule has 0 aliphatic rings. The van der Waals surface area contributed by atoms with Crippen LogP contribution in [0.15, 0.2) is 59.6 Å². The molecular weight excluding hydrogens is 390 g/mol. The van der Waals surface area contributed by atoms with Crippen LogP contribution in [0.5, 0.6) is 5.75 Å². The molecule has 2 rings (SSSR count). The predicted molar refractivity (Wildman–Crippen MR) is 110 cm³/mol. The quantitative estimate of drug-likeness (QED) is 0.520. The Morgan fingerprint density at radius 1 is 1.00 bits per heavy atom. The molecule has 0 saturated carbocycles. The summed E-state index contributed by atoms with van der Waals surface area (Å²) >= 11 is 0. The number of carbonyl (C=O) groups excluding carboxylic acids is 2. The second-order valence-corrected chi connectivity index (χ2v) is 7.13. The number of carbonyl (C=O) groups is 3. The summed E-state index contributed by atoms with van der Waals surface area (Å²) in [5, 5.41) is 13.0. The summed E-state index contributed by atoms with van der Waals surface area (Å²) < 4.78 is 10.7. The molecule has 0 aliphatic carbocycles. The summed E-state index contributed by atoms with van der Waals surface area (Å²) in [7, 11) is 0. The number of amides is 3. The van der Waals surface area contributed by atoms with Gasteiger partial charge in [0.1, 0.15) is 18.0 Å². The van der Waals surface area contributed by atoms with Crippen LogP contribution in [0.3, 0.4) is 0 Å². The number of guanidine groups is 1. The molecule has 3 N–H and O–H groups in total. The van der Waals surface area contributed by atoms with Gasteiger partial charge in [-0.3, -0.25) is 15.4 Å². The van der Waals surface area contributed by atoms with Crippen molar-refractivity contribution in [1.29, 1.82) is 0 Å². The summed E-state index contributed by atoms with van der Waals surface area (Å²) in [6.45, 7) is 5.20. The van der Waals surface area contributed by atoms with Gasteiger partial charge in [0.05, 0.1) is 0 Å². The Bertz CT molecular complexity index is 935. The first-order valence-corrected chi connectivity index (χ1v) is 9.02. The van der Waals surface area contributed by atoms with Gasteiger partial charge in [0.2, 0.25) is 5.96 Å². The molecule has 0 unspecified atom stereocenters. The highest BCUT2D eigenvalue weighted by atomic mass is 16.6. The van der Waals surface area contributed by atoms with Crippen molar-refractivity contribution in [3.8, 4) is 5.75 Å². The Hall–Kier alpha value is -3.88. The SMILES string of the molecule is CC(C)(C)OC(=O)N=C(NC(=O)O)NC(=O)c1cccc(OCc2ccccc2)c1. The predicted octanol–water partition coefficient (Wildman–Crippen LogP) is 3.55. The second kappa shape index (κ2) is 10.1. The minimum atomic E-state index is -1.50. The van der Waals surface area contributed by atoms with E-state index in [2.05, 4.69) is 10.3 Å². The normalized spacial score (nSPS) is 11.4. The van der Waals surface area contributed by atoms with Gasteiger partial charge < -0.3 is 14.6 Å². The average molecular weight is 413 g/mol. The van der Waals surface area contributed by atoms with Crippen LogP contribution in [0.1, 0.15) is 36.7 Å². The van der Waals surface area contributed by atoms with Crippen molar-refractivity contribution >= 4 is 24.1 Å². The maximum absolute atomic E-state index is 12.5. The molecule has 30 heavy (non-hydrogen) atoms. The highest BCUT2D eigenvalue weighted by Crippen LogP contribution is 2.15. The highest BCUT2D eigenvalue weighted by molar-refractivity contribution is 6.10. The Morgan fingerprint density at radius 3 is 2.33 bits per heavy atom. The zero-order valence-corrected chi connectivity index (χ0v) is 16.8. The van der Waals surface area contributed by atoms with E-state index in [1.807, 2.05) is 35.6 Å². The number of ether oxygens (including phenoxy) is 2. The zero-order valence-electron chi connectivity index (χ0n) is 16.8. The minimum absolute atomic E-state index is 0.185. The Morgan fingerprint density at radius 2 is 1.70 bits per heavy atom. The van der Waals surface area contributed by atoms with Crippen LogP contribution in [0.2, 0.25) is 0 Å². The fraction of sp³-hybridized carbons (Fsp3) is 0.238. The van der Waals surface area contributed by atoms with E-state index in [1.54, 1.807) is 32.9 Å². The van der Waals surface area contributed by atoms with E-state index >= 15 is 0 Å². The first-order chi connectivity index (χ1) is 14.1. The monoisotopic (exact) mass is 413 g/mol. The van der Waals surface area contributed by atoms with E-state index in [9.17, 15) is 14.4 Å². The smallest absolute Gasteiger partial charge is 0.437 e. The number of carboxylic acid groups (broad SMARTS) is 1. The summed E-state index contributed by atoms with van der Waals surface area (Å²) in [6.07, 6.45) is -2.55. The Kier molecular flexibility index (Phi) is 7.51. The fourth-order valence-corrected chi connectivity index (χ4v) is 2.21. The van der Waals surface area contributed by atoms with Crippen LogP contribution < -0.4 is 15.4 Å². The molecule has 0 atom stereocenters. The molecular formula is C21H23N3O6. The maximum Gasteiger partial charge on any atom is 0.437 e. The molecule has 0 spiro atoms. The number of rotatable bonds is 4. The number of aliphatic imine (C=N–C) groups is 1. The fourth-order valence-electron chi connectivity index (χ4n) is 2.21. The molecule has 158 valence electrons. The maximum atomic E-state index is 12.5. The third-order valence-corrected chi connectivity index (χ3v) is 3.40. The van der Waals surface area contributed by atoms with Crippen molar-refractivity contribution in [2.24, 2.45) is 4.99 Å². The summed E-state index contributed by atoms with van der Waals surface area (Å²) in [5.74, 6) is -0.808. The molecule has 9 heteroatoms. The number of hydrogen-bond donors (Lipinski definition) is 3. The topological polar surface area (TPSA) is 126 Å². The van der Waals surface area contributed by atoms with Gasteiger partial charge >= 0.3 is 12.2 Å². The highest BCUT2D eigenvalue weighted by Gasteiger charge is 2.18. The second-order valence-electron chi connectivity index (χ2n) is 7.13. The molecule has 0 aromatic heterocycles. The van der Waals surface area contributed by atoms with Crippen LogP contribution in [0, 0.1) is 0 Å². The van der Waals surface area contributed by atoms with Crippen LogP contribution in [0.25, 0.3) is 0 Å². The van der Waals surface area contributed by atoms with Gasteiger partial charge in [-0.05, 0) is 44.5 Å². The van der Waals surface area contributed by atoms with Crippen LogP contribution in [-0.2, 0) is 11.3 Å². The van der Waals surface area contributed by atoms with Gasteiger partial charge in [0, 0.05) is 5.56 Å². The molecule has 0 heterocycles. The van der Waals surface area contributed by atoms with E-state index in [4.69, 9.17) is 14.6 Å². The van der Waals surface area contributed by atoms with Crippen molar-refractivity contribution in [3.05, 3.63) is 65.7 Å². The van der Waals surface area contributed by atoms with Crippen molar-refractivity contribution < 1.29 is 29.0 Å². The molecule has 2 aromatic carbocycles. The average Bonchev–Trinajstić information content (AvgIpc) is 2.65. The number of hydrogen-bond acceptors (Lipinski definition) is 5. The standard InChI is InChI=1S/C21H23N3O6/c1-21(2,3)30-20(28)24-18(23-19(26)27)22-17(25)15-10-7-11-16(12-15)29-13-14-8-5-4-6-9-14/h4-12H,13H2,1-3H3,(H,26,27)(H2,22,23,24,25,28). The first kappa shape index (κ1) is 22.4. The van der Waals surface area contributed by atoms with Crippen LogP contribution >= 0.6 is 0 Å². The lowest BCUT2D eigenvalue weighted by molar-refractivity contribution is 0.0603. The summed E-state index contributed by atoms with van der Waals surface area (Å²) in [5.41, 5.74) is 0.318. The van der Waals surface area contributed by atoms with Crippen LogP contribution in [0.4, 0.5) is 9.59 Å². The molecule has 3 amide bonds. The Balaban J connectivity index is 2.09. The van der Waals surface area contributed by atoms with Gasteiger partial charge in [-0.15, -0.1) is 4.99 Å². The molecule has 0 fully saturated rings. The van der Waals surface area contributed by atoms with Gasteiger partial charge in [-0.1, -0.05) is 36.4 Å². The van der Waals surface area contributed by atoms with E-state index in [0.29, 0.717) is 12.4 Å². The summed E-state index contributed by atoms with van der Waals surface area (Å²) in [4.78, 5) is 38.7. The molecule has 0 radical (unpaired) electrons.